The number of fused-ring (bicyclic) bond motifs is 3. The van der Waals surface area contributed by atoms with Crippen molar-refractivity contribution in [3.63, 3.8) is 0 Å². The molecule has 1 aromatic carbocycles. The zero-order chi connectivity index (χ0) is 10.3. The fourth-order valence-electron chi connectivity index (χ4n) is 2.44. The van der Waals surface area contributed by atoms with Crippen LogP contribution >= 0.6 is 0 Å². The second-order valence-electron chi connectivity index (χ2n) is 4.13. The summed E-state index contributed by atoms with van der Waals surface area (Å²) < 4.78 is 0. The van der Waals surface area contributed by atoms with E-state index < -0.39 is 0 Å². The molecule has 0 aromatic heterocycles. The molecule has 0 saturated heterocycles. The highest BCUT2D eigenvalue weighted by Gasteiger charge is 2.27. The Morgan fingerprint density at radius 1 is 1.27 bits per heavy atom. The van der Waals surface area contributed by atoms with Gasteiger partial charge in [0.15, 0.2) is 0 Å². The van der Waals surface area contributed by atoms with Crippen molar-refractivity contribution in [3.05, 3.63) is 41.2 Å². The zero-order valence-corrected chi connectivity index (χ0v) is 8.48. The molecule has 0 amide bonds. The smallest absolute Gasteiger partial charge is 0.0982 e. The average molecular weight is 199 g/mol. The van der Waals surface area contributed by atoms with Crippen LogP contribution in [0.2, 0.25) is 0 Å². The molecule has 1 unspecified atom stereocenters. The van der Waals surface area contributed by atoms with E-state index in [2.05, 4.69) is 11.1 Å². The molecule has 0 saturated carbocycles. The van der Waals surface area contributed by atoms with Crippen molar-refractivity contribution in [1.82, 2.24) is 0 Å². The highest BCUT2D eigenvalue weighted by molar-refractivity contribution is 5.93. The molecule has 15 heavy (non-hydrogen) atoms. The standard InChI is InChI=1S/C13H13NO/c15-12-7-3-6-11-13(12)10-5-2-1-4-9(10)8-14-11/h1-2,4-5,8,11,15H,3,6-7H2. The SMILES string of the molecule is OC1=C2c3ccccc3C=NC2CCC1. The molecule has 2 aliphatic rings. The van der Waals surface area contributed by atoms with Crippen LogP contribution in [0, 0.1) is 0 Å². The van der Waals surface area contributed by atoms with Crippen LogP contribution in [0.25, 0.3) is 5.57 Å². The summed E-state index contributed by atoms with van der Waals surface area (Å²) in [4.78, 5) is 4.50. The lowest BCUT2D eigenvalue weighted by molar-refractivity contribution is 0.368. The molecule has 2 nitrogen and oxygen atoms in total. The normalized spacial score (nSPS) is 23.6. The molecule has 0 spiro atoms. The van der Waals surface area contributed by atoms with E-state index in [-0.39, 0.29) is 6.04 Å². The van der Waals surface area contributed by atoms with Gasteiger partial charge < -0.3 is 5.11 Å². The molecule has 1 atom stereocenters. The Kier molecular flexibility index (Phi) is 1.88. The highest BCUT2D eigenvalue weighted by Crippen LogP contribution is 2.36. The maximum Gasteiger partial charge on any atom is 0.0982 e. The summed E-state index contributed by atoms with van der Waals surface area (Å²) >= 11 is 0. The van der Waals surface area contributed by atoms with Gasteiger partial charge in [-0.1, -0.05) is 24.3 Å². The van der Waals surface area contributed by atoms with E-state index >= 15 is 0 Å². The van der Waals surface area contributed by atoms with Crippen LogP contribution in [0.15, 0.2) is 35.0 Å². The number of benzene rings is 1. The number of allylic oxidation sites excluding steroid dienone is 1. The largest absolute Gasteiger partial charge is 0.512 e. The summed E-state index contributed by atoms with van der Waals surface area (Å²) in [5.41, 5.74) is 3.34. The van der Waals surface area contributed by atoms with Crippen molar-refractivity contribution in [2.45, 2.75) is 25.3 Å². The summed E-state index contributed by atoms with van der Waals surface area (Å²) in [7, 11) is 0. The van der Waals surface area contributed by atoms with Gasteiger partial charge in [0, 0.05) is 18.2 Å². The zero-order valence-electron chi connectivity index (χ0n) is 8.48. The number of nitrogens with zero attached hydrogens (tertiary/aromatic N) is 1. The number of hydrogen-bond acceptors (Lipinski definition) is 2. The van der Waals surface area contributed by atoms with Crippen molar-refractivity contribution >= 4 is 11.8 Å². The van der Waals surface area contributed by atoms with Crippen LogP contribution in [0.5, 0.6) is 0 Å². The summed E-state index contributed by atoms with van der Waals surface area (Å²) in [6, 6.07) is 8.33. The van der Waals surface area contributed by atoms with Crippen LogP contribution in [0.3, 0.4) is 0 Å². The number of aliphatic imine (C=N–C) groups is 1. The maximum absolute atomic E-state index is 9.96. The molecular formula is C13H13NO. The van der Waals surface area contributed by atoms with E-state index in [0.29, 0.717) is 5.76 Å². The van der Waals surface area contributed by atoms with E-state index in [0.717, 1.165) is 36.0 Å². The summed E-state index contributed by atoms with van der Waals surface area (Å²) in [5, 5.41) is 9.96. The monoisotopic (exact) mass is 199 g/mol. The molecule has 1 N–H and O–H groups in total. The van der Waals surface area contributed by atoms with Crippen molar-refractivity contribution < 1.29 is 5.11 Å². The van der Waals surface area contributed by atoms with Gasteiger partial charge in [-0.3, -0.25) is 4.99 Å². The molecule has 0 bridgehead atoms. The average Bonchev–Trinajstić information content (AvgIpc) is 2.29. The number of aliphatic hydroxyl groups excluding tert-OH is 1. The summed E-state index contributed by atoms with van der Waals surface area (Å²) in [6.45, 7) is 0. The minimum absolute atomic E-state index is 0.189. The molecule has 1 aliphatic carbocycles. The fourth-order valence-corrected chi connectivity index (χ4v) is 2.44. The lowest BCUT2D eigenvalue weighted by Gasteiger charge is -2.27. The van der Waals surface area contributed by atoms with Crippen LogP contribution in [0.1, 0.15) is 30.4 Å². The van der Waals surface area contributed by atoms with Gasteiger partial charge in [0.25, 0.3) is 0 Å². The van der Waals surface area contributed by atoms with Gasteiger partial charge in [0.2, 0.25) is 0 Å². The van der Waals surface area contributed by atoms with Crippen molar-refractivity contribution in [3.8, 4) is 0 Å². The number of rotatable bonds is 0. The molecule has 1 aliphatic heterocycles. The van der Waals surface area contributed by atoms with Gasteiger partial charge in [-0.15, -0.1) is 0 Å². The Balaban J connectivity index is 2.23. The summed E-state index contributed by atoms with van der Waals surface area (Å²) in [6.07, 6.45) is 4.83. The van der Waals surface area contributed by atoms with E-state index in [1.807, 2.05) is 24.4 Å². The van der Waals surface area contributed by atoms with Gasteiger partial charge in [-0.2, -0.15) is 0 Å². The molecule has 76 valence electrons. The molecule has 0 fully saturated rings. The van der Waals surface area contributed by atoms with Crippen molar-refractivity contribution in [2.75, 3.05) is 0 Å². The molecular weight excluding hydrogens is 186 g/mol. The van der Waals surface area contributed by atoms with Crippen LogP contribution < -0.4 is 0 Å². The Labute approximate surface area is 89.0 Å². The van der Waals surface area contributed by atoms with Crippen molar-refractivity contribution in [1.29, 1.82) is 0 Å². The summed E-state index contributed by atoms with van der Waals surface area (Å²) in [5.74, 6) is 0.538. The van der Waals surface area contributed by atoms with Gasteiger partial charge in [-0.05, 0) is 24.0 Å². The second-order valence-corrected chi connectivity index (χ2v) is 4.13. The van der Waals surface area contributed by atoms with Crippen LogP contribution in [-0.4, -0.2) is 17.4 Å². The minimum Gasteiger partial charge on any atom is -0.512 e. The predicted molar refractivity (Wildman–Crippen MR) is 61.2 cm³/mol. The Hall–Kier alpha value is -1.57. The molecule has 0 radical (unpaired) electrons. The van der Waals surface area contributed by atoms with E-state index in [1.54, 1.807) is 0 Å². The van der Waals surface area contributed by atoms with Crippen LogP contribution in [-0.2, 0) is 0 Å². The molecule has 1 aromatic rings. The first-order chi connectivity index (χ1) is 7.36. The van der Waals surface area contributed by atoms with Crippen molar-refractivity contribution in [2.24, 2.45) is 4.99 Å². The van der Waals surface area contributed by atoms with E-state index in [9.17, 15) is 5.11 Å². The minimum atomic E-state index is 0.189. The van der Waals surface area contributed by atoms with Gasteiger partial charge in [-0.25, -0.2) is 0 Å². The molecule has 2 heteroatoms. The Morgan fingerprint density at radius 3 is 3.07 bits per heavy atom. The number of aliphatic hydroxyl groups is 1. The first kappa shape index (κ1) is 8.72. The third-order valence-corrected chi connectivity index (χ3v) is 3.18. The van der Waals surface area contributed by atoms with E-state index in [4.69, 9.17) is 0 Å². The van der Waals surface area contributed by atoms with Gasteiger partial charge in [0.1, 0.15) is 0 Å². The topological polar surface area (TPSA) is 32.6 Å². The first-order valence-corrected chi connectivity index (χ1v) is 5.41. The maximum atomic E-state index is 9.96. The Bertz CT molecular complexity index is 459. The highest BCUT2D eigenvalue weighted by atomic mass is 16.3. The predicted octanol–water partition coefficient (Wildman–Crippen LogP) is 2.94. The lowest BCUT2D eigenvalue weighted by Crippen LogP contribution is -2.19. The second kappa shape index (κ2) is 3.23. The Morgan fingerprint density at radius 2 is 2.13 bits per heavy atom. The third kappa shape index (κ3) is 1.29. The van der Waals surface area contributed by atoms with Crippen LogP contribution in [0.4, 0.5) is 0 Å². The first-order valence-electron chi connectivity index (χ1n) is 5.41. The molecule has 3 rings (SSSR count). The quantitative estimate of drug-likeness (QED) is 0.684. The lowest BCUT2D eigenvalue weighted by atomic mass is 9.84. The fraction of sp³-hybridized carbons (Fsp3) is 0.308. The van der Waals surface area contributed by atoms with Gasteiger partial charge >= 0.3 is 0 Å². The van der Waals surface area contributed by atoms with E-state index in [1.165, 1.54) is 0 Å². The third-order valence-electron chi connectivity index (χ3n) is 3.18. The molecule has 1 heterocycles. The number of hydrogen-bond donors (Lipinski definition) is 1. The van der Waals surface area contributed by atoms with Gasteiger partial charge in [0.05, 0.1) is 11.8 Å².